The Bertz CT molecular complexity index is 255. The second-order valence-electron chi connectivity index (χ2n) is 2.77. The van der Waals surface area contributed by atoms with Crippen LogP contribution in [0.3, 0.4) is 0 Å². The minimum atomic E-state index is -0.636. The Balaban J connectivity index is 2.87. The molecule has 0 saturated carbocycles. The van der Waals surface area contributed by atoms with Crippen molar-refractivity contribution in [1.29, 1.82) is 0 Å². The van der Waals surface area contributed by atoms with Gasteiger partial charge in [-0.2, -0.15) is 0 Å². The number of hydrogen-bond donors (Lipinski definition) is 0. The molecule has 0 aliphatic rings. The third-order valence-corrected chi connectivity index (χ3v) is 3.02. The highest BCUT2D eigenvalue weighted by atomic mass is 127. The van der Waals surface area contributed by atoms with Gasteiger partial charge in [0.15, 0.2) is 0 Å². The van der Waals surface area contributed by atoms with Crippen LogP contribution in [0.5, 0.6) is 0 Å². The zero-order valence-electron chi connectivity index (χ0n) is 8.50. The molecule has 14 heavy (non-hydrogen) atoms. The molecule has 0 aliphatic carbocycles. The van der Waals surface area contributed by atoms with Crippen molar-refractivity contribution in [1.82, 2.24) is 0 Å². The molecule has 0 N–H and O–H groups in total. The van der Waals surface area contributed by atoms with Crippen molar-refractivity contribution >= 4 is 22.6 Å². The monoisotopic (exact) mass is 306 g/mol. The molecule has 0 heterocycles. The minimum Gasteiger partial charge on any atom is -0.338 e. The van der Waals surface area contributed by atoms with Crippen molar-refractivity contribution in [2.45, 2.75) is 17.6 Å². The van der Waals surface area contributed by atoms with Crippen LogP contribution < -0.4 is 0 Å². The van der Waals surface area contributed by atoms with Crippen molar-refractivity contribution in [3.63, 3.8) is 0 Å². The lowest BCUT2D eigenvalue weighted by Crippen LogP contribution is -2.26. The second-order valence-corrected chi connectivity index (χ2v) is 4.19. The Morgan fingerprint density at radius 2 is 1.57 bits per heavy atom. The molecule has 1 aromatic carbocycles. The van der Waals surface area contributed by atoms with Gasteiger partial charge in [0.1, 0.15) is 0 Å². The Kier molecular flexibility index (Phi) is 4.84. The Morgan fingerprint density at radius 1 is 1.07 bits per heavy atom. The molecule has 0 atom stereocenters. The van der Waals surface area contributed by atoms with Crippen molar-refractivity contribution in [2.24, 2.45) is 0 Å². The molecule has 0 unspecified atom stereocenters. The maximum atomic E-state index is 5.62. The first-order valence-electron chi connectivity index (χ1n) is 4.75. The number of halogens is 1. The predicted molar refractivity (Wildman–Crippen MR) is 65.4 cm³/mol. The van der Waals surface area contributed by atoms with Gasteiger partial charge in [0.25, 0.3) is 0 Å². The molecule has 0 saturated heterocycles. The predicted octanol–water partition coefficient (Wildman–Crippen LogP) is 3.30. The highest BCUT2D eigenvalue weighted by molar-refractivity contribution is 14.1. The topological polar surface area (TPSA) is 18.5 Å². The van der Waals surface area contributed by atoms with Crippen LogP contribution >= 0.6 is 22.6 Å². The molecule has 0 aromatic heterocycles. The first-order chi connectivity index (χ1) is 6.73. The van der Waals surface area contributed by atoms with Crippen molar-refractivity contribution in [3.8, 4) is 0 Å². The Morgan fingerprint density at radius 3 is 2.00 bits per heavy atom. The highest BCUT2D eigenvalue weighted by Crippen LogP contribution is 2.34. The molecule has 1 aromatic rings. The van der Waals surface area contributed by atoms with Crippen molar-refractivity contribution in [2.75, 3.05) is 13.2 Å². The van der Waals surface area contributed by atoms with Gasteiger partial charge in [-0.1, -0.05) is 30.3 Å². The molecular formula is C11H15IO2. The van der Waals surface area contributed by atoms with Crippen LogP contribution in [0.1, 0.15) is 19.4 Å². The fraction of sp³-hybridized carbons (Fsp3) is 0.455. The average molecular weight is 306 g/mol. The summed E-state index contributed by atoms with van der Waals surface area (Å²) < 4.78 is 10.6. The second kappa shape index (κ2) is 5.68. The third-order valence-electron chi connectivity index (χ3n) is 1.78. The molecule has 78 valence electrons. The van der Waals surface area contributed by atoms with Crippen molar-refractivity contribution in [3.05, 3.63) is 35.9 Å². The van der Waals surface area contributed by atoms with Gasteiger partial charge in [-0.15, -0.1) is 0 Å². The van der Waals surface area contributed by atoms with E-state index in [0.29, 0.717) is 13.2 Å². The molecule has 0 radical (unpaired) electrons. The summed E-state index contributed by atoms with van der Waals surface area (Å²) in [5, 5.41) is 0. The standard InChI is InChI=1S/C11H15IO2/c1-3-13-11(12,14-4-2)10-8-6-5-7-9-10/h5-9H,3-4H2,1-2H3. The lowest BCUT2D eigenvalue weighted by molar-refractivity contribution is -0.157. The van der Waals surface area contributed by atoms with Crippen LogP contribution in [-0.4, -0.2) is 13.2 Å². The number of hydrogen-bond acceptors (Lipinski definition) is 2. The van der Waals surface area contributed by atoms with Gasteiger partial charge in [-0.05, 0) is 36.4 Å². The van der Waals surface area contributed by atoms with E-state index in [0.717, 1.165) is 5.56 Å². The molecule has 0 fully saturated rings. The maximum absolute atomic E-state index is 5.62. The van der Waals surface area contributed by atoms with Gasteiger partial charge < -0.3 is 9.47 Å². The molecule has 2 nitrogen and oxygen atoms in total. The van der Waals surface area contributed by atoms with Crippen LogP contribution in [0.4, 0.5) is 0 Å². The fourth-order valence-corrected chi connectivity index (χ4v) is 2.20. The number of benzene rings is 1. The smallest absolute Gasteiger partial charge is 0.248 e. The zero-order chi connectivity index (χ0) is 10.4. The summed E-state index contributed by atoms with van der Waals surface area (Å²) in [6.45, 7) is 5.21. The SMILES string of the molecule is CCOC(I)(OCC)c1ccccc1. The van der Waals surface area contributed by atoms with Crippen molar-refractivity contribution < 1.29 is 9.47 Å². The maximum Gasteiger partial charge on any atom is 0.248 e. The van der Waals surface area contributed by atoms with E-state index in [9.17, 15) is 0 Å². The minimum absolute atomic E-state index is 0.636. The van der Waals surface area contributed by atoms with E-state index in [1.165, 1.54) is 0 Å². The lowest BCUT2D eigenvalue weighted by Gasteiger charge is -2.27. The van der Waals surface area contributed by atoms with E-state index in [1.807, 2.05) is 44.2 Å². The largest absolute Gasteiger partial charge is 0.338 e. The molecule has 0 amide bonds. The zero-order valence-corrected chi connectivity index (χ0v) is 10.7. The van der Waals surface area contributed by atoms with Gasteiger partial charge in [0.2, 0.25) is 3.79 Å². The molecule has 0 bridgehead atoms. The van der Waals surface area contributed by atoms with Gasteiger partial charge >= 0.3 is 0 Å². The summed E-state index contributed by atoms with van der Waals surface area (Å²) in [6.07, 6.45) is 0. The summed E-state index contributed by atoms with van der Waals surface area (Å²) >= 11 is 2.20. The molecular weight excluding hydrogens is 291 g/mol. The molecule has 0 aliphatic heterocycles. The van der Waals surface area contributed by atoms with Gasteiger partial charge in [0.05, 0.1) is 0 Å². The third kappa shape index (κ3) is 2.93. The summed E-state index contributed by atoms with van der Waals surface area (Å²) in [4.78, 5) is 0. The number of alkyl halides is 1. The normalized spacial score (nSPS) is 11.6. The Hall–Kier alpha value is -0.130. The number of rotatable bonds is 5. The fourth-order valence-electron chi connectivity index (χ4n) is 1.22. The van der Waals surface area contributed by atoms with Crippen LogP contribution in [0.25, 0.3) is 0 Å². The van der Waals surface area contributed by atoms with E-state index in [2.05, 4.69) is 22.6 Å². The van der Waals surface area contributed by atoms with Crippen LogP contribution in [0.2, 0.25) is 0 Å². The summed E-state index contributed by atoms with van der Waals surface area (Å²) in [6, 6.07) is 9.98. The quantitative estimate of drug-likeness (QED) is 0.472. The van der Waals surface area contributed by atoms with E-state index < -0.39 is 3.79 Å². The van der Waals surface area contributed by atoms with Crippen LogP contribution in [0.15, 0.2) is 30.3 Å². The van der Waals surface area contributed by atoms with E-state index in [4.69, 9.17) is 9.47 Å². The molecule has 3 heteroatoms. The lowest BCUT2D eigenvalue weighted by atomic mass is 10.2. The van der Waals surface area contributed by atoms with E-state index in [-0.39, 0.29) is 0 Å². The van der Waals surface area contributed by atoms with E-state index >= 15 is 0 Å². The number of ether oxygens (including phenoxy) is 2. The highest BCUT2D eigenvalue weighted by Gasteiger charge is 2.29. The summed E-state index contributed by atoms with van der Waals surface area (Å²) in [7, 11) is 0. The van der Waals surface area contributed by atoms with Gasteiger partial charge in [-0.25, -0.2) is 0 Å². The van der Waals surface area contributed by atoms with Crippen LogP contribution in [0, 0.1) is 0 Å². The van der Waals surface area contributed by atoms with E-state index in [1.54, 1.807) is 0 Å². The Labute approximate surface area is 98.7 Å². The average Bonchev–Trinajstić information content (AvgIpc) is 2.20. The van der Waals surface area contributed by atoms with Crippen LogP contribution in [-0.2, 0) is 13.3 Å². The summed E-state index contributed by atoms with van der Waals surface area (Å²) in [5.41, 5.74) is 1.05. The van der Waals surface area contributed by atoms with Gasteiger partial charge in [0, 0.05) is 18.8 Å². The molecule has 1 rings (SSSR count). The first-order valence-corrected chi connectivity index (χ1v) is 5.83. The summed E-state index contributed by atoms with van der Waals surface area (Å²) in [5.74, 6) is 0. The molecule has 0 spiro atoms. The first kappa shape index (κ1) is 11.9. The van der Waals surface area contributed by atoms with Gasteiger partial charge in [-0.3, -0.25) is 0 Å².